The molecule has 3 aliphatic rings. The molecule has 0 bridgehead atoms. The van der Waals surface area contributed by atoms with Crippen molar-refractivity contribution in [2.24, 2.45) is 11.3 Å². The molecule has 0 aromatic heterocycles. The highest BCUT2D eigenvalue weighted by Gasteiger charge is 2.37. The summed E-state index contributed by atoms with van der Waals surface area (Å²) in [6.45, 7) is 10.4. The predicted octanol–water partition coefficient (Wildman–Crippen LogP) is 0.694. The average molecular weight is 379 g/mol. The number of carbonyl (C=O) groups excluding carboxylic acids is 3. The Labute approximate surface area is 162 Å². The van der Waals surface area contributed by atoms with E-state index >= 15 is 0 Å². The fourth-order valence-electron chi connectivity index (χ4n) is 4.51. The van der Waals surface area contributed by atoms with Crippen LogP contribution >= 0.6 is 0 Å². The summed E-state index contributed by atoms with van der Waals surface area (Å²) in [7, 11) is 0. The topological polar surface area (TPSA) is 73.0 Å². The summed E-state index contributed by atoms with van der Waals surface area (Å²) >= 11 is 0. The third kappa shape index (κ3) is 4.62. The van der Waals surface area contributed by atoms with Gasteiger partial charge in [0.15, 0.2) is 0 Å². The summed E-state index contributed by atoms with van der Waals surface area (Å²) in [5.74, 6) is 0.319. The second-order valence-electron chi connectivity index (χ2n) is 9.18. The number of piperazine rings is 1. The van der Waals surface area contributed by atoms with Crippen LogP contribution in [-0.4, -0.2) is 84.3 Å². The van der Waals surface area contributed by atoms with E-state index < -0.39 is 5.41 Å². The molecule has 0 saturated carbocycles. The van der Waals surface area contributed by atoms with Gasteiger partial charge in [-0.15, -0.1) is 0 Å². The fraction of sp³-hybridized carbons (Fsp3) is 0.850. The lowest BCUT2D eigenvalue weighted by Gasteiger charge is -2.43. The van der Waals surface area contributed by atoms with Gasteiger partial charge in [-0.1, -0.05) is 20.8 Å². The van der Waals surface area contributed by atoms with E-state index in [-0.39, 0.29) is 29.7 Å². The maximum absolute atomic E-state index is 13.2. The van der Waals surface area contributed by atoms with E-state index in [2.05, 4.69) is 5.32 Å². The lowest BCUT2D eigenvalue weighted by molar-refractivity contribution is -0.148. The molecule has 1 N–H and O–H groups in total. The Morgan fingerprint density at radius 2 is 1.70 bits per heavy atom. The molecular weight excluding hydrogens is 344 g/mol. The first-order chi connectivity index (χ1) is 12.8. The lowest BCUT2D eigenvalue weighted by atomic mass is 9.90. The molecule has 3 rings (SSSR count). The van der Waals surface area contributed by atoms with Crippen LogP contribution < -0.4 is 5.32 Å². The van der Waals surface area contributed by atoms with Crippen LogP contribution in [0.25, 0.3) is 0 Å². The third-order valence-corrected chi connectivity index (χ3v) is 5.97. The van der Waals surface area contributed by atoms with Crippen molar-refractivity contribution in [2.75, 3.05) is 45.8 Å². The summed E-state index contributed by atoms with van der Waals surface area (Å²) < 4.78 is 0. The molecule has 3 heterocycles. The summed E-state index contributed by atoms with van der Waals surface area (Å²) in [6, 6.07) is 0.133. The van der Waals surface area contributed by atoms with Gasteiger partial charge in [-0.3, -0.25) is 14.4 Å². The van der Waals surface area contributed by atoms with Gasteiger partial charge in [0.25, 0.3) is 0 Å². The first-order valence-electron chi connectivity index (χ1n) is 10.4. The lowest BCUT2D eigenvalue weighted by Crippen LogP contribution is -2.58. The van der Waals surface area contributed by atoms with Gasteiger partial charge in [0, 0.05) is 50.7 Å². The second kappa shape index (κ2) is 8.17. The zero-order valence-corrected chi connectivity index (χ0v) is 17.0. The van der Waals surface area contributed by atoms with Gasteiger partial charge in [-0.05, 0) is 25.7 Å². The van der Waals surface area contributed by atoms with Crippen LogP contribution in [0, 0.1) is 11.3 Å². The zero-order valence-electron chi connectivity index (χ0n) is 17.0. The Morgan fingerprint density at radius 1 is 1.00 bits per heavy atom. The third-order valence-electron chi connectivity index (χ3n) is 5.97. The van der Waals surface area contributed by atoms with Crippen molar-refractivity contribution in [2.45, 2.75) is 52.5 Å². The van der Waals surface area contributed by atoms with Gasteiger partial charge in [-0.2, -0.15) is 0 Å². The van der Waals surface area contributed by atoms with Crippen molar-refractivity contribution in [1.82, 2.24) is 20.0 Å². The van der Waals surface area contributed by atoms with Gasteiger partial charge in [-0.25, -0.2) is 0 Å². The number of nitrogens with one attached hydrogen (secondary N) is 1. The van der Waals surface area contributed by atoms with Crippen molar-refractivity contribution in [3.8, 4) is 0 Å². The molecule has 2 atom stereocenters. The molecule has 0 aromatic rings. The Hall–Kier alpha value is -1.63. The van der Waals surface area contributed by atoms with Crippen molar-refractivity contribution in [3.63, 3.8) is 0 Å². The van der Waals surface area contributed by atoms with Crippen LogP contribution in [0.15, 0.2) is 0 Å². The molecule has 3 saturated heterocycles. The Balaban J connectivity index is 1.61. The average Bonchev–Trinajstić information content (AvgIpc) is 2.66. The second-order valence-corrected chi connectivity index (χ2v) is 9.18. The van der Waals surface area contributed by atoms with Crippen molar-refractivity contribution >= 4 is 17.7 Å². The van der Waals surface area contributed by atoms with Gasteiger partial charge < -0.3 is 20.0 Å². The molecule has 7 heteroatoms. The molecule has 152 valence electrons. The van der Waals surface area contributed by atoms with Crippen molar-refractivity contribution in [1.29, 1.82) is 0 Å². The van der Waals surface area contributed by atoms with E-state index in [1.807, 2.05) is 35.5 Å². The molecule has 0 radical (unpaired) electrons. The number of piperidine rings is 2. The van der Waals surface area contributed by atoms with E-state index in [1.54, 1.807) is 0 Å². The molecule has 3 amide bonds. The summed E-state index contributed by atoms with van der Waals surface area (Å²) in [5, 5.41) is 3.11. The van der Waals surface area contributed by atoms with E-state index in [9.17, 15) is 14.4 Å². The van der Waals surface area contributed by atoms with E-state index in [0.717, 1.165) is 51.9 Å². The van der Waals surface area contributed by atoms with Gasteiger partial charge >= 0.3 is 0 Å². The van der Waals surface area contributed by atoms with Gasteiger partial charge in [0.05, 0.1) is 12.5 Å². The number of hydrogen-bond acceptors (Lipinski definition) is 4. The zero-order chi connectivity index (χ0) is 19.6. The maximum Gasteiger partial charge on any atom is 0.236 e. The van der Waals surface area contributed by atoms with Gasteiger partial charge in [0.2, 0.25) is 17.7 Å². The van der Waals surface area contributed by atoms with Crippen LogP contribution in [-0.2, 0) is 14.4 Å². The number of amides is 3. The van der Waals surface area contributed by atoms with E-state index in [0.29, 0.717) is 19.6 Å². The number of hydrogen-bond donors (Lipinski definition) is 1. The fourth-order valence-corrected chi connectivity index (χ4v) is 4.51. The summed E-state index contributed by atoms with van der Waals surface area (Å²) in [4.78, 5) is 43.7. The summed E-state index contributed by atoms with van der Waals surface area (Å²) in [5.41, 5.74) is -0.413. The van der Waals surface area contributed by atoms with Gasteiger partial charge in [0.1, 0.15) is 0 Å². The van der Waals surface area contributed by atoms with Crippen LogP contribution in [0.5, 0.6) is 0 Å². The summed E-state index contributed by atoms with van der Waals surface area (Å²) in [6.07, 6.45) is 3.63. The highest BCUT2D eigenvalue weighted by atomic mass is 16.2. The van der Waals surface area contributed by atoms with E-state index in [1.165, 1.54) is 0 Å². The largest absolute Gasteiger partial charge is 0.341 e. The quantitative estimate of drug-likeness (QED) is 0.768. The number of carbonyl (C=O) groups is 3. The number of likely N-dealkylation sites (tertiary alicyclic amines) is 2. The first-order valence-corrected chi connectivity index (χ1v) is 10.4. The molecule has 7 nitrogen and oxygen atoms in total. The highest BCUT2D eigenvalue weighted by molar-refractivity contribution is 5.84. The Kier molecular flexibility index (Phi) is 6.08. The van der Waals surface area contributed by atoms with Crippen LogP contribution in [0.3, 0.4) is 0 Å². The molecular formula is C20H34N4O3. The molecule has 0 aliphatic carbocycles. The number of nitrogens with zero attached hydrogens (tertiary/aromatic N) is 3. The smallest absolute Gasteiger partial charge is 0.236 e. The van der Waals surface area contributed by atoms with Crippen molar-refractivity contribution < 1.29 is 14.4 Å². The molecule has 3 aliphatic heterocycles. The van der Waals surface area contributed by atoms with Crippen LogP contribution in [0.4, 0.5) is 0 Å². The minimum Gasteiger partial charge on any atom is -0.341 e. The van der Waals surface area contributed by atoms with Crippen LogP contribution in [0.2, 0.25) is 0 Å². The number of rotatable bonds is 2. The maximum atomic E-state index is 13.2. The van der Waals surface area contributed by atoms with Crippen molar-refractivity contribution in [3.05, 3.63) is 0 Å². The minimum atomic E-state index is -0.413. The SMILES string of the molecule is CC(C)(C)C(=O)N1CCCC(C(=O)N2CCCC(N3CCNCC3=O)C2)C1. The molecule has 2 unspecified atom stereocenters. The Bertz CT molecular complexity index is 586. The standard InChI is InChI=1S/C20H34N4O3/c1-20(2,3)19(27)23-10-4-6-15(13-23)18(26)22-9-5-7-16(14-22)24-11-8-21-12-17(24)25/h15-16,21H,4-14H2,1-3H3. The molecule has 0 aromatic carbocycles. The predicted molar refractivity (Wildman–Crippen MR) is 103 cm³/mol. The highest BCUT2D eigenvalue weighted by Crippen LogP contribution is 2.26. The molecule has 3 fully saturated rings. The van der Waals surface area contributed by atoms with E-state index in [4.69, 9.17) is 0 Å². The van der Waals surface area contributed by atoms with Crippen LogP contribution in [0.1, 0.15) is 46.5 Å². The Morgan fingerprint density at radius 3 is 2.41 bits per heavy atom. The molecule has 27 heavy (non-hydrogen) atoms. The molecule has 0 spiro atoms. The first kappa shape index (κ1) is 20.1. The normalized spacial score (nSPS) is 27.7. The monoisotopic (exact) mass is 378 g/mol. The minimum absolute atomic E-state index is 0.109.